The number of halogens is 5. The standard InChI is InChI=1S/C10H7BrF4N2O4/c1-9(8(18)19,10(13,14)15)16-6-2-4(11)5(12)3-7(6)17(20)21/h2-3,16H,1H3,(H,18,19). The molecule has 0 radical (unpaired) electrons. The number of carboxylic acid groups (broad SMARTS) is 1. The molecule has 0 bridgehead atoms. The van der Waals surface area contributed by atoms with Gasteiger partial charge in [-0.1, -0.05) is 0 Å². The van der Waals surface area contributed by atoms with Gasteiger partial charge in [0, 0.05) is 0 Å². The third-order valence-corrected chi connectivity index (χ3v) is 3.22. The van der Waals surface area contributed by atoms with Crippen molar-refractivity contribution >= 4 is 33.3 Å². The maximum atomic E-state index is 13.2. The lowest BCUT2D eigenvalue weighted by atomic mass is 10.0. The second kappa shape index (κ2) is 5.47. The lowest BCUT2D eigenvalue weighted by molar-refractivity contribution is -0.384. The molecule has 1 aromatic rings. The SMILES string of the molecule is CC(Nc1cc(Br)c(F)cc1[N+](=O)[O-])(C(=O)O)C(F)(F)F. The number of carboxylic acids is 1. The summed E-state index contributed by atoms with van der Waals surface area (Å²) in [6.45, 7) is 0.302. The van der Waals surface area contributed by atoms with Crippen molar-refractivity contribution in [3.8, 4) is 0 Å². The van der Waals surface area contributed by atoms with E-state index in [2.05, 4.69) is 15.9 Å². The molecule has 0 saturated heterocycles. The first-order valence-corrected chi connectivity index (χ1v) is 5.91. The molecule has 0 aromatic heterocycles. The highest BCUT2D eigenvalue weighted by atomic mass is 79.9. The van der Waals surface area contributed by atoms with Crippen LogP contribution in [-0.2, 0) is 4.79 Å². The minimum absolute atomic E-state index is 0.302. The summed E-state index contributed by atoms with van der Waals surface area (Å²) in [7, 11) is 0. The van der Waals surface area contributed by atoms with E-state index in [-0.39, 0.29) is 4.47 Å². The van der Waals surface area contributed by atoms with Gasteiger partial charge in [-0.05, 0) is 28.9 Å². The van der Waals surface area contributed by atoms with Gasteiger partial charge in [0.15, 0.2) is 0 Å². The summed E-state index contributed by atoms with van der Waals surface area (Å²) >= 11 is 2.66. The Morgan fingerprint density at radius 2 is 1.95 bits per heavy atom. The number of rotatable bonds is 4. The number of anilines is 1. The number of hydrogen-bond donors (Lipinski definition) is 2. The molecule has 1 atom stereocenters. The quantitative estimate of drug-likeness (QED) is 0.479. The van der Waals surface area contributed by atoms with Crippen LogP contribution in [0.1, 0.15) is 6.92 Å². The predicted octanol–water partition coefficient (Wildman–Crippen LogP) is 3.31. The molecule has 0 aliphatic rings. The van der Waals surface area contributed by atoms with E-state index in [0.29, 0.717) is 19.1 Å². The summed E-state index contributed by atoms with van der Waals surface area (Å²) in [4.78, 5) is 20.5. The molecular formula is C10H7BrF4N2O4. The van der Waals surface area contributed by atoms with Crippen molar-refractivity contribution in [3.63, 3.8) is 0 Å². The number of alkyl halides is 3. The van der Waals surface area contributed by atoms with Crippen molar-refractivity contribution in [1.82, 2.24) is 0 Å². The zero-order valence-corrected chi connectivity index (χ0v) is 11.7. The van der Waals surface area contributed by atoms with Gasteiger partial charge in [-0.15, -0.1) is 0 Å². The minimum Gasteiger partial charge on any atom is -0.479 e. The van der Waals surface area contributed by atoms with Gasteiger partial charge in [0.25, 0.3) is 5.69 Å². The topological polar surface area (TPSA) is 92.5 Å². The molecule has 0 aliphatic carbocycles. The first-order chi connectivity index (χ1) is 9.40. The zero-order valence-electron chi connectivity index (χ0n) is 10.2. The van der Waals surface area contributed by atoms with Gasteiger partial charge in [0.05, 0.1) is 15.5 Å². The van der Waals surface area contributed by atoms with Crippen LogP contribution in [0, 0.1) is 15.9 Å². The molecule has 0 saturated carbocycles. The number of hydrogen-bond acceptors (Lipinski definition) is 4. The molecule has 6 nitrogen and oxygen atoms in total. The summed E-state index contributed by atoms with van der Waals surface area (Å²) in [5, 5.41) is 21.0. The average Bonchev–Trinajstić information content (AvgIpc) is 2.31. The predicted molar refractivity (Wildman–Crippen MR) is 66.5 cm³/mol. The molecule has 0 fully saturated rings. The number of aliphatic carboxylic acids is 1. The van der Waals surface area contributed by atoms with E-state index in [1.807, 2.05) is 0 Å². The van der Waals surface area contributed by atoms with E-state index >= 15 is 0 Å². The van der Waals surface area contributed by atoms with Crippen molar-refractivity contribution in [1.29, 1.82) is 0 Å². The summed E-state index contributed by atoms with van der Waals surface area (Å²) in [5.41, 5.74) is -5.28. The van der Waals surface area contributed by atoms with Crippen LogP contribution in [-0.4, -0.2) is 27.7 Å². The highest BCUT2D eigenvalue weighted by molar-refractivity contribution is 9.10. The Morgan fingerprint density at radius 3 is 2.33 bits per heavy atom. The summed E-state index contributed by atoms with van der Waals surface area (Å²) in [6.07, 6.45) is -5.24. The second-order valence-electron chi connectivity index (χ2n) is 4.09. The van der Waals surface area contributed by atoms with Crippen molar-refractivity contribution in [2.45, 2.75) is 18.6 Å². The molecule has 11 heteroatoms. The highest BCUT2D eigenvalue weighted by Crippen LogP contribution is 2.38. The van der Waals surface area contributed by atoms with Crippen LogP contribution in [0.3, 0.4) is 0 Å². The minimum atomic E-state index is -5.24. The van der Waals surface area contributed by atoms with E-state index in [1.54, 1.807) is 5.32 Å². The first-order valence-electron chi connectivity index (χ1n) is 5.12. The molecule has 0 spiro atoms. The fraction of sp³-hybridized carbons (Fsp3) is 0.300. The van der Waals surface area contributed by atoms with Gasteiger partial charge in [-0.2, -0.15) is 13.2 Å². The summed E-state index contributed by atoms with van der Waals surface area (Å²) in [5.74, 6) is -3.36. The Kier molecular flexibility index (Phi) is 4.46. The number of carbonyl (C=O) groups is 1. The Labute approximate surface area is 123 Å². The van der Waals surface area contributed by atoms with E-state index in [1.165, 1.54) is 0 Å². The molecule has 116 valence electrons. The molecular weight excluding hydrogens is 368 g/mol. The van der Waals surface area contributed by atoms with Crippen LogP contribution in [0.2, 0.25) is 0 Å². The number of nitro benzene ring substituents is 1. The van der Waals surface area contributed by atoms with Crippen molar-refractivity contribution in [3.05, 3.63) is 32.5 Å². The van der Waals surface area contributed by atoms with Crippen LogP contribution in [0.15, 0.2) is 16.6 Å². The summed E-state index contributed by atoms with van der Waals surface area (Å²) in [6, 6.07) is 1.05. The normalized spacial score (nSPS) is 14.4. The van der Waals surface area contributed by atoms with Crippen LogP contribution in [0.4, 0.5) is 28.9 Å². The molecule has 1 aromatic carbocycles. The van der Waals surface area contributed by atoms with Crippen molar-refractivity contribution in [2.75, 3.05) is 5.32 Å². The van der Waals surface area contributed by atoms with Gasteiger partial charge in [-0.25, -0.2) is 9.18 Å². The molecule has 1 rings (SSSR count). The van der Waals surface area contributed by atoms with Crippen LogP contribution in [0.5, 0.6) is 0 Å². The molecule has 1 unspecified atom stereocenters. The first kappa shape index (κ1) is 17.1. The maximum Gasteiger partial charge on any atom is 0.422 e. The average molecular weight is 375 g/mol. The van der Waals surface area contributed by atoms with Crippen molar-refractivity contribution in [2.24, 2.45) is 0 Å². The largest absolute Gasteiger partial charge is 0.479 e. The molecule has 21 heavy (non-hydrogen) atoms. The van der Waals surface area contributed by atoms with E-state index < -0.39 is 39.8 Å². The summed E-state index contributed by atoms with van der Waals surface area (Å²) < 4.78 is 51.4. The molecule has 0 amide bonds. The highest BCUT2D eigenvalue weighted by Gasteiger charge is 2.58. The van der Waals surface area contributed by atoms with Gasteiger partial charge < -0.3 is 10.4 Å². The Bertz CT molecular complexity index is 607. The Balaban J connectivity index is 3.44. The Hall–Kier alpha value is -1.91. The van der Waals surface area contributed by atoms with Crippen LogP contribution < -0.4 is 5.32 Å². The van der Waals surface area contributed by atoms with Crippen LogP contribution in [0.25, 0.3) is 0 Å². The molecule has 0 heterocycles. The van der Waals surface area contributed by atoms with Crippen molar-refractivity contribution < 1.29 is 32.4 Å². The third-order valence-electron chi connectivity index (χ3n) is 2.61. The fourth-order valence-corrected chi connectivity index (χ4v) is 1.65. The van der Waals surface area contributed by atoms with E-state index in [4.69, 9.17) is 5.11 Å². The monoisotopic (exact) mass is 374 g/mol. The zero-order chi connectivity index (χ0) is 16.6. The van der Waals surface area contributed by atoms with Gasteiger partial charge >= 0.3 is 12.1 Å². The number of nitro groups is 1. The number of nitrogens with zero attached hydrogens (tertiary/aromatic N) is 1. The van der Waals surface area contributed by atoms with E-state index in [9.17, 15) is 32.5 Å². The van der Waals surface area contributed by atoms with Gasteiger partial charge in [0.1, 0.15) is 11.5 Å². The lowest BCUT2D eigenvalue weighted by Crippen LogP contribution is -2.55. The second-order valence-corrected chi connectivity index (χ2v) is 4.95. The number of benzene rings is 1. The molecule has 2 N–H and O–H groups in total. The number of nitrogens with one attached hydrogen (secondary N) is 1. The van der Waals surface area contributed by atoms with Gasteiger partial charge in [-0.3, -0.25) is 10.1 Å². The van der Waals surface area contributed by atoms with E-state index in [0.717, 1.165) is 0 Å². The lowest BCUT2D eigenvalue weighted by Gasteiger charge is -2.29. The van der Waals surface area contributed by atoms with Gasteiger partial charge in [0.2, 0.25) is 5.54 Å². The van der Waals surface area contributed by atoms with Crippen LogP contribution >= 0.6 is 15.9 Å². The molecule has 0 aliphatic heterocycles. The third kappa shape index (κ3) is 3.23. The maximum absolute atomic E-state index is 13.2. The Morgan fingerprint density at radius 1 is 1.43 bits per heavy atom. The fourth-order valence-electron chi connectivity index (χ4n) is 1.30. The smallest absolute Gasteiger partial charge is 0.422 e.